The van der Waals surface area contributed by atoms with Gasteiger partial charge in [0.1, 0.15) is 0 Å². The number of hydrogen-bond acceptors (Lipinski definition) is 2. The van der Waals surface area contributed by atoms with Crippen molar-refractivity contribution in [3.05, 3.63) is 45.4 Å². The Hall–Kier alpha value is -1.59. The Morgan fingerprint density at radius 1 is 1.29 bits per heavy atom. The lowest BCUT2D eigenvalue weighted by Crippen LogP contribution is -2.07. The first-order valence-electron chi connectivity index (χ1n) is 6.94. The molecular weight excluding hydrogens is 304 g/mol. The summed E-state index contributed by atoms with van der Waals surface area (Å²) in [5, 5.41) is 5.18. The van der Waals surface area contributed by atoms with Crippen LogP contribution in [0.5, 0.6) is 0 Å². The summed E-state index contributed by atoms with van der Waals surface area (Å²) < 4.78 is 4.86. The van der Waals surface area contributed by atoms with E-state index in [2.05, 4.69) is 27.6 Å². The van der Waals surface area contributed by atoms with Gasteiger partial charge in [-0.15, -0.1) is 0 Å². The largest absolute Gasteiger partial charge is 0.329 e. The molecule has 2 aromatic heterocycles. The molecule has 3 aromatic rings. The van der Waals surface area contributed by atoms with Crippen molar-refractivity contribution in [3.63, 3.8) is 0 Å². The van der Waals surface area contributed by atoms with Crippen molar-refractivity contribution in [3.8, 4) is 0 Å². The number of aromatic amines is 1. The van der Waals surface area contributed by atoms with E-state index in [0.29, 0.717) is 9.79 Å². The molecule has 21 heavy (non-hydrogen) atoms. The van der Waals surface area contributed by atoms with Gasteiger partial charge in [0, 0.05) is 18.8 Å². The van der Waals surface area contributed by atoms with Gasteiger partial charge in [-0.2, -0.15) is 5.10 Å². The fourth-order valence-electron chi connectivity index (χ4n) is 2.65. The highest BCUT2D eigenvalue weighted by Crippen LogP contribution is 2.22. The van der Waals surface area contributed by atoms with Crippen LogP contribution in [-0.4, -0.2) is 19.3 Å². The summed E-state index contributed by atoms with van der Waals surface area (Å²) in [4.78, 5) is 3.18. The lowest BCUT2D eigenvalue weighted by atomic mass is 10.3. The molecule has 6 heteroatoms. The lowest BCUT2D eigenvalue weighted by Gasteiger charge is -2.06. The molecular formula is C15H17ClN4S. The van der Waals surface area contributed by atoms with Crippen LogP contribution in [0.4, 0.5) is 0 Å². The van der Waals surface area contributed by atoms with Gasteiger partial charge in [-0.05, 0) is 50.7 Å². The minimum Gasteiger partial charge on any atom is -0.329 e. The number of nitrogens with one attached hydrogen (secondary N) is 1. The number of halogens is 1. The molecule has 1 N–H and O–H groups in total. The van der Waals surface area contributed by atoms with Crippen LogP contribution < -0.4 is 0 Å². The van der Waals surface area contributed by atoms with Gasteiger partial charge in [0.25, 0.3) is 0 Å². The van der Waals surface area contributed by atoms with Gasteiger partial charge < -0.3 is 9.55 Å². The second kappa shape index (κ2) is 5.66. The standard InChI is InChI=1S/C15H17ClN4S/c1-10-9-11(2)20(18-10)8-4-7-19-13-6-3-5-12(16)14(13)17-15(19)21/h3,5-6,9H,4,7-8H2,1-2H3,(H,17,21). The van der Waals surface area contributed by atoms with Crippen LogP contribution in [0.2, 0.25) is 5.02 Å². The Morgan fingerprint density at radius 3 is 2.81 bits per heavy atom. The highest BCUT2D eigenvalue weighted by atomic mass is 35.5. The maximum atomic E-state index is 6.19. The first-order chi connectivity index (χ1) is 10.1. The van der Waals surface area contributed by atoms with E-state index in [-0.39, 0.29) is 0 Å². The molecule has 0 aliphatic carbocycles. The Morgan fingerprint density at radius 2 is 2.10 bits per heavy atom. The molecule has 0 atom stereocenters. The lowest BCUT2D eigenvalue weighted by molar-refractivity contribution is 0.519. The Kier molecular flexibility index (Phi) is 3.87. The molecule has 1 aromatic carbocycles. The quantitative estimate of drug-likeness (QED) is 0.730. The molecule has 0 amide bonds. The maximum absolute atomic E-state index is 6.19. The number of imidazole rings is 1. The van der Waals surface area contributed by atoms with Gasteiger partial charge in [-0.25, -0.2) is 0 Å². The van der Waals surface area contributed by atoms with Gasteiger partial charge in [0.05, 0.1) is 21.7 Å². The van der Waals surface area contributed by atoms with E-state index in [1.165, 1.54) is 5.69 Å². The number of aromatic nitrogens is 4. The van der Waals surface area contributed by atoms with E-state index in [4.69, 9.17) is 23.8 Å². The van der Waals surface area contributed by atoms with Crippen molar-refractivity contribution in [1.82, 2.24) is 19.3 Å². The molecule has 3 rings (SSSR count). The van der Waals surface area contributed by atoms with E-state index >= 15 is 0 Å². The number of benzene rings is 1. The monoisotopic (exact) mass is 320 g/mol. The number of nitrogens with zero attached hydrogens (tertiary/aromatic N) is 3. The van der Waals surface area contributed by atoms with E-state index in [9.17, 15) is 0 Å². The number of hydrogen-bond donors (Lipinski definition) is 1. The van der Waals surface area contributed by atoms with Crippen LogP contribution in [0.3, 0.4) is 0 Å². The minimum atomic E-state index is 0.705. The van der Waals surface area contributed by atoms with Crippen molar-refractivity contribution in [1.29, 1.82) is 0 Å². The summed E-state index contributed by atoms with van der Waals surface area (Å²) in [5.74, 6) is 0. The van der Waals surface area contributed by atoms with Gasteiger partial charge in [0.15, 0.2) is 4.77 Å². The molecule has 0 saturated heterocycles. The van der Waals surface area contributed by atoms with Crippen LogP contribution in [0.1, 0.15) is 17.8 Å². The van der Waals surface area contributed by atoms with E-state index < -0.39 is 0 Å². The van der Waals surface area contributed by atoms with Crippen molar-refractivity contribution in [2.24, 2.45) is 0 Å². The van der Waals surface area contributed by atoms with Gasteiger partial charge in [-0.1, -0.05) is 17.7 Å². The molecule has 2 heterocycles. The maximum Gasteiger partial charge on any atom is 0.178 e. The zero-order valence-electron chi connectivity index (χ0n) is 12.1. The van der Waals surface area contributed by atoms with Crippen LogP contribution in [-0.2, 0) is 13.1 Å². The molecule has 0 aliphatic heterocycles. The topological polar surface area (TPSA) is 38.5 Å². The minimum absolute atomic E-state index is 0.705. The third-order valence-corrected chi connectivity index (χ3v) is 4.25. The Bertz CT molecular complexity index is 843. The average Bonchev–Trinajstić information content (AvgIpc) is 2.92. The summed E-state index contributed by atoms with van der Waals surface area (Å²) in [6, 6.07) is 7.95. The molecule has 0 saturated carbocycles. The zero-order valence-corrected chi connectivity index (χ0v) is 13.6. The third kappa shape index (κ3) is 2.76. The van der Waals surface area contributed by atoms with E-state index in [1.807, 2.05) is 29.8 Å². The summed E-state index contributed by atoms with van der Waals surface area (Å²) >= 11 is 11.6. The molecule has 0 radical (unpaired) electrons. The SMILES string of the molecule is Cc1cc(C)n(CCCn2c(=S)[nH]c3c(Cl)cccc32)n1. The van der Waals surface area contributed by atoms with Gasteiger partial charge in [0.2, 0.25) is 0 Å². The fraction of sp³-hybridized carbons (Fsp3) is 0.333. The first kappa shape index (κ1) is 14.4. The summed E-state index contributed by atoms with van der Waals surface area (Å²) in [6.45, 7) is 5.82. The van der Waals surface area contributed by atoms with Gasteiger partial charge >= 0.3 is 0 Å². The first-order valence-corrected chi connectivity index (χ1v) is 7.73. The molecule has 0 unspecified atom stereocenters. The number of aryl methyl sites for hydroxylation is 4. The van der Waals surface area contributed by atoms with Crippen LogP contribution in [0.15, 0.2) is 24.3 Å². The highest BCUT2D eigenvalue weighted by Gasteiger charge is 2.07. The smallest absolute Gasteiger partial charge is 0.178 e. The Balaban J connectivity index is 1.80. The molecule has 4 nitrogen and oxygen atoms in total. The fourth-order valence-corrected chi connectivity index (χ4v) is 3.16. The number of para-hydroxylation sites is 1. The molecule has 0 aliphatic rings. The van der Waals surface area contributed by atoms with E-state index in [1.54, 1.807) is 0 Å². The highest BCUT2D eigenvalue weighted by molar-refractivity contribution is 7.71. The van der Waals surface area contributed by atoms with Crippen molar-refractivity contribution >= 4 is 34.9 Å². The van der Waals surface area contributed by atoms with Gasteiger partial charge in [-0.3, -0.25) is 4.68 Å². The van der Waals surface area contributed by atoms with Crippen LogP contribution in [0, 0.1) is 18.6 Å². The summed E-state index contributed by atoms with van der Waals surface area (Å²) in [7, 11) is 0. The molecule has 110 valence electrons. The summed E-state index contributed by atoms with van der Waals surface area (Å²) in [6.07, 6.45) is 0.968. The second-order valence-corrected chi connectivity index (χ2v) is 6.01. The zero-order chi connectivity index (χ0) is 15.0. The number of fused-ring (bicyclic) bond motifs is 1. The normalized spacial score (nSPS) is 11.4. The number of H-pyrrole nitrogens is 1. The molecule has 0 fully saturated rings. The Labute approximate surface area is 133 Å². The van der Waals surface area contributed by atoms with Crippen molar-refractivity contribution in [2.75, 3.05) is 0 Å². The van der Waals surface area contributed by atoms with Crippen LogP contribution in [0.25, 0.3) is 11.0 Å². The van der Waals surface area contributed by atoms with E-state index in [0.717, 1.165) is 36.2 Å². The third-order valence-electron chi connectivity index (χ3n) is 3.61. The number of rotatable bonds is 4. The second-order valence-electron chi connectivity index (χ2n) is 5.22. The van der Waals surface area contributed by atoms with Crippen molar-refractivity contribution < 1.29 is 0 Å². The molecule has 0 bridgehead atoms. The van der Waals surface area contributed by atoms with Crippen molar-refractivity contribution in [2.45, 2.75) is 33.4 Å². The predicted octanol–water partition coefficient (Wildman–Crippen LogP) is 4.26. The predicted molar refractivity (Wildman–Crippen MR) is 88.5 cm³/mol. The summed E-state index contributed by atoms with van der Waals surface area (Å²) in [5.41, 5.74) is 4.22. The van der Waals surface area contributed by atoms with Crippen LogP contribution >= 0.6 is 23.8 Å². The molecule has 0 spiro atoms. The average molecular weight is 321 g/mol.